The molecular weight excluding hydrogens is 272 g/mol. The SMILES string of the molecule is COc1cc(C)nc(NC(=O)NS(=O)(=O)Cl)n1. The quantitative estimate of drug-likeness (QED) is 0.775. The zero-order chi connectivity index (χ0) is 13.1. The van der Waals surface area contributed by atoms with Crippen LogP contribution >= 0.6 is 10.7 Å². The molecule has 0 bridgehead atoms. The fourth-order valence-corrected chi connectivity index (χ4v) is 1.42. The molecule has 17 heavy (non-hydrogen) atoms. The van der Waals surface area contributed by atoms with Gasteiger partial charge in [-0.3, -0.25) is 5.32 Å². The van der Waals surface area contributed by atoms with E-state index in [0.717, 1.165) is 0 Å². The van der Waals surface area contributed by atoms with Crippen molar-refractivity contribution in [2.75, 3.05) is 12.4 Å². The first-order valence-electron chi connectivity index (χ1n) is 4.23. The van der Waals surface area contributed by atoms with Crippen molar-refractivity contribution in [3.05, 3.63) is 11.8 Å². The van der Waals surface area contributed by atoms with Crippen LogP contribution in [0.2, 0.25) is 0 Å². The van der Waals surface area contributed by atoms with Gasteiger partial charge in [0.15, 0.2) is 0 Å². The number of halogens is 1. The predicted molar refractivity (Wildman–Crippen MR) is 60.2 cm³/mol. The molecule has 1 rings (SSSR count). The van der Waals surface area contributed by atoms with Crippen LogP contribution in [0.15, 0.2) is 6.07 Å². The van der Waals surface area contributed by atoms with Crippen molar-refractivity contribution in [2.24, 2.45) is 0 Å². The number of ether oxygens (including phenoxy) is 1. The van der Waals surface area contributed by atoms with E-state index in [0.29, 0.717) is 5.69 Å². The van der Waals surface area contributed by atoms with Gasteiger partial charge in [-0.05, 0) is 6.92 Å². The van der Waals surface area contributed by atoms with Crippen molar-refractivity contribution in [3.63, 3.8) is 0 Å². The van der Waals surface area contributed by atoms with Gasteiger partial charge in [-0.25, -0.2) is 14.5 Å². The number of aromatic nitrogens is 2. The molecule has 2 N–H and O–H groups in total. The number of hydrogen-bond acceptors (Lipinski definition) is 6. The van der Waals surface area contributed by atoms with Gasteiger partial charge in [-0.1, -0.05) is 0 Å². The third kappa shape index (κ3) is 4.83. The van der Waals surface area contributed by atoms with Crippen LogP contribution in [0.1, 0.15) is 5.69 Å². The summed E-state index contributed by atoms with van der Waals surface area (Å²) in [6.07, 6.45) is 0. The Morgan fingerprint density at radius 1 is 1.47 bits per heavy atom. The molecule has 0 spiro atoms. The third-order valence-corrected chi connectivity index (χ3v) is 2.14. The van der Waals surface area contributed by atoms with Crippen molar-refractivity contribution in [2.45, 2.75) is 6.92 Å². The minimum atomic E-state index is -4.15. The minimum absolute atomic E-state index is 0.0975. The topological polar surface area (TPSA) is 110 Å². The van der Waals surface area contributed by atoms with Crippen molar-refractivity contribution in [1.29, 1.82) is 0 Å². The lowest BCUT2D eigenvalue weighted by Crippen LogP contribution is -2.31. The lowest BCUT2D eigenvalue weighted by atomic mass is 10.4. The molecule has 10 heteroatoms. The molecule has 1 aromatic heterocycles. The first-order chi connectivity index (χ1) is 7.80. The van der Waals surface area contributed by atoms with Gasteiger partial charge in [0.2, 0.25) is 11.8 Å². The molecule has 0 aliphatic carbocycles. The molecule has 0 radical (unpaired) electrons. The number of methoxy groups -OCH3 is 1. The number of rotatable bonds is 3. The molecular formula is C7H9ClN4O4S. The normalized spacial score (nSPS) is 10.8. The Bertz CT molecular complexity index is 533. The van der Waals surface area contributed by atoms with Gasteiger partial charge in [0.05, 0.1) is 7.11 Å². The highest BCUT2D eigenvalue weighted by Crippen LogP contribution is 2.10. The summed E-state index contributed by atoms with van der Waals surface area (Å²) in [5, 5.41) is 2.10. The van der Waals surface area contributed by atoms with Gasteiger partial charge in [-0.15, -0.1) is 0 Å². The van der Waals surface area contributed by atoms with Crippen LogP contribution in [-0.4, -0.2) is 31.5 Å². The molecule has 0 saturated carbocycles. The molecule has 0 unspecified atom stereocenters. The maximum absolute atomic E-state index is 11.1. The summed E-state index contributed by atoms with van der Waals surface area (Å²) in [5.74, 6) is 0.140. The summed E-state index contributed by atoms with van der Waals surface area (Å²) in [4.78, 5) is 18.8. The van der Waals surface area contributed by atoms with Crippen LogP contribution in [0, 0.1) is 6.92 Å². The second-order valence-electron chi connectivity index (χ2n) is 2.87. The van der Waals surface area contributed by atoms with E-state index in [-0.39, 0.29) is 11.8 Å². The molecule has 0 aromatic carbocycles. The van der Waals surface area contributed by atoms with Crippen molar-refractivity contribution in [1.82, 2.24) is 14.7 Å². The summed E-state index contributed by atoms with van der Waals surface area (Å²) in [7, 11) is 2.07. The molecule has 1 heterocycles. The molecule has 0 saturated heterocycles. The minimum Gasteiger partial charge on any atom is -0.481 e. The number of amides is 2. The molecule has 1 aromatic rings. The first-order valence-corrected chi connectivity index (χ1v) is 6.54. The van der Waals surface area contributed by atoms with Crippen molar-refractivity contribution >= 4 is 31.9 Å². The Kier molecular flexibility index (Phi) is 4.07. The highest BCUT2D eigenvalue weighted by molar-refractivity contribution is 8.12. The number of anilines is 1. The number of nitrogens with zero attached hydrogens (tertiary/aromatic N) is 2. The third-order valence-electron chi connectivity index (χ3n) is 1.48. The van der Waals surface area contributed by atoms with E-state index in [2.05, 4.69) is 15.3 Å². The highest BCUT2D eigenvalue weighted by atomic mass is 35.7. The number of urea groups is 1. The zero-order valence-corrected chi connectivity index (χ0v) is 10.5. The molecule has 0 aliphatic heterocycles. The highest BCUT2D eigenvalue weighted by Gasteiger charge is 2.12. The van der Waals surface area contributed by atoms with Crippen LogP contribution in [0.25, 0.3) is 0 Å². The number of carbonyl (C=O) groups excluding carboxylic acids is 1. The summed E-state index contributed by atoms with van der Waals surface area (Å²) in [6, 6.07) is 0.481. The monoisotopic (exact) mass is 280 g/mol. The largest absolute Gasteiger partial charge is 0.481 e. The van der Waals surface area contributed by atoms with Crippen molar-refractivity contribution in [3.8, 4) is 5.88 Å². The van der Waals surface area contributed by atoms with Crippen molar-refractivity contribution < 1.29 is 17.9 Å². The van der Waals surface area contributed by atoms with Gasteiger partial charge >= 0.3 is 15.3 Å². The maximum atomic E-state index is 11.1. The number of hydrogen-bond donors (Lipinski definition) is 2. The summed E-state index contributed by atoms with van der Waals surface area (Å²) >= 11 is 0. The maximum Gasteiger partial charge on any atom is 0.336 e. The van der Waals surface area contributed by atoms with E-state index >= 15 is 0 Å². The van der Waals surface area contributed by atoms with E-state index in [1.54, 1.807) is 13.0 Å². The van der Waals surface area contributed by atoms with Crippen LogP contribution in [0.4, 0.5) is 10.7 Å². The van der Waals surface area contributed by atoms with Gasteiger partial charge in [-0.2, -0.15) is 13.4 Å². The van der Waals surface area contributed by atoms with Crippen LogP contribution in [0.3, 0.4) is 0 Å². The molecule has 0 atom stereocenters. The average Bonchev–Trinajstić information content (AvgIpc) is 2.13. The van der Waals surface area contributed by atoms with Gasteiger partial charge in [0.1, 0.15) is 0 Å². The zero-order valence-electron chi connectivity index (χ0n) is 8.89. The lowest BCUT2D eigenvalue weighted by molar-refractivity contribution is 0.256. The summed E-state index contributed by atoms with van der Waals surface area (Å²) in [5.41, 5.74) is 0.542. The Labute approximate surface area is 102 Å². The number of carbonyl (C=O) groups is 1. The Hall–Kier alpha value is -1.61. The molecule has 0 aliphatic rings. The van der Waals surface area contributed by atoms with E-state index in [1.807, 2.05) is 0 Å². The Morgan fingerprint density at radius 3 is 2.65 bits per heavy atom. The van der Waals surface area contributed by atoms with Crippen LogP contribution in [-0.2, 0) is 9.24 Å². The van der Waals surface area contributed by atoms with Gasteiger partial charge in [0.25, 0.3) is 0 Å². The number of aryl methyl sites for hydroxylation is 1. The fraction of sp³-hybridized carbons (Fsp3) is 0.286. The smallest absolute Gasteiger partial charge is 0.336 e. The predicted octanol–water partition coefficient (Wildman–Crippen LogP) is 0.399. The summed E-state index contributed by atoms with van der Waals surface area (Å²) in [6.45, 7) is 1.66. The standard InChI is InChI=1S/C7H9ClN4O4S/c1-4-3-5(16-2)10-6(9-4)11-7(13)12-17(8,14)15/h3H,1-2H3,(H2,9,10,11,12,13). The molecule has 0 fully saturated rings. The Morgan fingerprint density at radius 2 is 2.12 bits per heavy atom. The second kappa shape index (κ2) is 5.15. The second-order valence-corrected chi connectivity index (χ2v) is 5.17. The van der Waals surface area contributed by atoms with E-state index in [4.69, 9.17) is 15.4 Å². The lowest BCUT2D eigenvalue weighted by Gasteiger charge is -2.06. The average molecular weight is 281 g/mol. The van der Waals surface area contributed by atoms with Crippen LogP contribution in [0.5, 0.6) is 5.88 Å². The van der Waals surface area contributed by atoms with E-state index in [9.17, 15) is 13.2 Å². The van der Waals surface area contributed by atoms with Crippen LogP contribution < -0.4 is 14.8 Å². The number of nitrogens with one attached hydrogen (secondary N) is 2. The van der Waals surface area contributed by atoms with Gasteiger partial charge in [0, 0.05) is 22.4 Å². The summed E-state index contributed by atoms with van der Waals surface area (Å²) < 4.78 is 27.4. The molecule has 2 amide bonds. The first kappa shape index (κ1) is 13.5. The fourth-order valence-electron chi connectivity index (χ4n) is 0.938. The van der Waals surface area contributed by atoms with E-state index in [1.165, 1.54) is 11.8 Å². The van der Waals surface area contributed by atoms with E-state index < -0.39 is 15.3 Å². The van der Waals surface area contributed by atoms with Gasteiger partial charge < -0.3 is 4.74 Å². The molecule has 94 valence electrons. The Balaban J connectivity index is 2.81. The molecule has 8 nitrogen and oxygen atoms in total.